The third-order valence-corrected chi connectivity index (χ3v) is 3.96. The predicted octanol–water partition coefficient (Wildman–Crippen LogP) is 2.87. The highest BCUT2D eigenvalue weighted by molar-refractivity contribution is 6.28. The minimum Gasteiger partial charge on any atom is -0.493 e. The van der Waals surface area contributed by atoms with Gasteiger partial charge in [-0.2, -0.15) is 4.98 Å². The zero-order valence-electron chi connectivity index (χ0n) is 13.6. The summed E-state index contributed by atoms with van der Waals surface area (Å²) in [6, 6.07) is 5.38. The quantitative estimate of drug-likeness (QED) is 0.717. The van der Waals surface area contributed by atoms with Crippen LogP contribution in [-0.2, 0) is 6.54 Å². The van der Waals surface area contributed by atoms with Crippen molar-refractivity contribution in [2.24, 2.45) is 0 Å². The second-order valence-electron chi connectivity index (χ2n) is 5.19. The van der Waals surface area contributed by atoms with E-state index in [1.54, 1.807) is 26.4 Å². The summed E-state index contributed by atoms with van der Waals surface area (Å²) in [7, 11) is 3.13. The van der Waals surface area contributed by atoms with Crippen molar-refractivity contribution >= 4 is 22.8 Å². The molecule has 0 atom stereocenters. The van der Waals surface area contributed by atoms with Crippen LogP contribution in [0.2, 0.25) is 5.28 Å². The lowest BCUT2D eigenvalue weighted by molar-refractivity contribution is 0.355. The Morgan fingerprint density at radius 1 is 1.21 bits per heavy atom. The summed E-state index contributed by atoms with van der Waals surface area (Å²) < 4.78 is 12.0. The Kier molecular flexibility index (Phi) is 4.44. The molecular formula is C16H17ClN4O3. The van der Waals surface area contributed by atoms with E-state index in [1.165, 1.54) is 4.57 Å². The first-order valence-electron chi connectivity index (χ1n) is 7.47. The van der Waals surface area contributed by atoms with Gasteiger partial charge in [0.2, 0.25) is 5.28 Å². The number of aromatic amines is 1. The number of hydrogen-bond donors (Lipinski definition) is 1. The number of halogens is 1. The van der Waals surface area contributed by atoms with Gasteiger partial charge in [-0.3, -0.25) is 9.36 Å². The molecular weight excluding hydrogens is 332 g/mol. The van der Waals surface area contributed by atoms with Crippen molar-refractivity contribution in [1.29, 1.82) is 0 Å². The van der Waals surface area contributed by atoms with Gasteiger partial charge in [0.25, 0.3) is 5.56 Å². The largest absolute Gasteiger partial charge is 0.493 e. The molecule has 7 nitrogen and oxygen atoms in total. The molecule has 1 N–H and O–H groups in total. The zero-order chi connectivity index (χ0) is 17.3. The third-order valence-electron chi connectivity index (χ3n) is 3.67. The Hall–Kier alpha value is -2.54. The van der Waals surface area contributed by atoms with Gasteiger partial charge in [0, 0.05) is 12.1 Å². The maximum Gasteiger partial charge on any atom is 0.280 e. The molecule has 0 aliphatic carbocycles. The summed E-state index contributed by atoms with van der Waals surface area (Å²) in [6.07, 6.45) is 0.781. The minimum absolute atomic E-state index is 0.139. The standard InChI is InChI=1S/C16H17ClN4O3/c1-4-7-21-15(22)12-14(20-16(21)17)19-13(18-12)9-5-6-10(23-2)11(8-9)24-3/h5-6,8H,4,7H2,1-3H3,(H,18,19). The first-order valence-corrected chi connectivity index (χ1v) is 7.85. The maximum absolute atomic E-state index is 12.5. The van der Waals surface area contributed by atoms with Crippen molar-refractivity contribution < 1.29 is 9.47 Å². The molecule has 0 amide bonds. The summed E-state index contributed by atoms with van der Waals surface area (Å²) in [5.74, 6) is 1.70. The predicted molar refractivity (Wildman–Crippen MR) is 92.0 cm³/mol. The minimum atomic E-state index is -0.230. The van der Waals surface area contributed by atoms with E-state index in [4.69, 9.17) is 21.1 Å². The molecule has 2 heterocycles. The number of H-pyrrole nitrogens is 1. The first kappa shape index (κ1) is 16.3. The number of aromatic nitrogens is 4. The van der Waals surface area contributed by atoms with Crippen LogP contribution in [0.1, 0.15) is 13.3 Å². The molecule has 1 aromatic carbocycles. The number of hydrogen-bond acceptors (Lipinski definition) is 5. The lowest BCUT2D eigenvalue weighted by Crippen LogP contribution is -2.22. The van der Waals surface area contributed by atoms with Crippen molar-refractivity contribution in [3.05, 3.63) is 33.8 Å². The van der Waals surface area contributed by atoms with Crippen molar-refractivity contribution in [3.8, 4) is 22.9 Å². The van der Waals surface area contributed by atoms with Crippen LogP contribution in [0, 0.1) is 0 Å². The van der Waals surface area contributed by atoms with Gasteiger partial charge in [-0.15, -0.1) is 0 Å². The fourth-order valence-corrected chi connectivity index (χ4v) is 2.74. The molecule has 8 heteroatoms. The Balaban J connectivity index is 2.15. The maximum atomic E-state index is 12.5. The summed E-state index contributed by atoms with van der Waals surface area (Å²) in [5, 5.41) is 0.139. The van der Waals surface area contributed by atoms with Crippen LogP contribution in [0.3, 0.4) is 0 Å². The van der Waals surface area contributed by atoms with Gasteiger partial charge in [-0.25, -0.2) is 4.98 Å². The summed E-state index contributed by atoms with van der Waals surface area (Å²) in [6.45, 7) is 2.47. The summed E-state index contributed by atoms with van der Waals surface area (Å²) in [5.41, 5.74) is 1.15. The van der Waals surface area contributed by atoms with E-state index in [0.717, 1.165) is 12.0 Å². The summed E-state index contributed by atoms with van der Waals surface area (Å²) in [4.78, 5) is 24.1. The number of imidazole rings is 1. The fourth-order valence-electron chi connectivity index (χ4n) is 2.50. The van der Waals surface area contributed by atoms with E-state index in [-0.39, 0.29) is 10.8 Å². The number of fused-ring (bicyclic) bond motifs is 1. The van der Waals surface area contributed by atoms with Gasteiger partial charge in [0.1, 0.15) is 5.82 Å². The summed E-state index contributed by atoms with van der Waals surface area (Å²) >= 11 is 6.09. The average Bonchev–Trinajstić information content (AvgIpc) is 3.02. The molecule has 0 radical (unpaired) electrons. The number of rotatable bonds is 5. The van der Waals surface area contributed by atoms with Crippen LogP contribution < -0.4 is 15.0 Å². The van der Waals surface area contributed by atoms with Gasteiger partial charge < -0.3 is 14.5 Å². The zero-order valence-corrected chi connectivity index (χ0v) is 14.3. The second-order valence-corrected chi connectivity index (χ2v) is 5.53. The molecule has 24 heavy (non-hydrogen) atoms. The smallest absolute Gasteiger partial charge is 0.280 e. The Bertz CT molecular complexity index is 948. The number of ether oxygens (including phenoxy) is 2. The molecule has 0 bridgehead atoms. The highest BCUT2D eigenvalue weighted by atomic mass is 35.5. The molecule has 0 unspecified atom stereocenters. The van der Waals surface area contributed by atoms with E-state index in [2.05, 4.69) is 15.0 Å². The third kappa shape index (κ3) is 2.71. The van der Waals surface area contributed by atoms with E-state index in [9.17, 15) is 4.79 Å². The molecule has 126 valence electrons. The molecule has 0 saturated heterocycles. The van der Waals surface area contributed by atoms with Gasteiger partial charge in [0.05, 0.1) is 14.2 Å². The SMILES string of the molecule is CCCn1c(Cl)nc2nc(-c3ccc(OC)c(OC)c3)[nH]c2c1=O. The van der Waals surface area contributed by atoms with E-state index >= 15 is 0 Å². The molecule has 0 aliphatic heterocycles. The monoisotopic (exact) mass is 348 g/mol. The van der Waals surface area contributed by atoms with Crippen molar-refractivity contribution in [2.75, 3.05) is 14.2 Å². The Morgan fingerprint density at radius 2 is 1.96 bits per heavy atom. The van der Waals surface area contributed by atoms with Crippen LogP contribution in [0.4, 0.5) is 0 Å². The van der Waals surface area contributed by atoms with Crippen LogP contribution >= 0.6 is 11.6 Å². The molecule has 0 fully saturated rings. The van der Waals surface area contributed by atoms with Crippen LogP contribution in [0.15, 0.2) is 23.0 Å². The normalized spacial score (nSPS) is 11.0. The Morgan fingerprint density at radius 3 is 2.62 bits per heavy atom. The topological polar surface area (TPSA) is 82.0 Å². The number of nitrogens with one attached hydrogen (secondary N) is 1. The van der Waals surface area contributed by atoms with Crippen LogP contribution in [0.25, 0.3) is 22.6 Å². The molecule has 0 saturated carbocycles. The van der Waals surface area contributed by atoms with Crippen LogP contribution in [0.5, 0.6) is 11.5 Å². The second kappa shape index (κ2) is 6.52. The van der Waals surface area contributed by atoms with Crippen molar-refractivity contribution in [3.63, 3.8) is 0 Å². The molecule has 3 aromatic rings. The van der Waals surface area contributed by atoms with Crippen molar-refractivity contribution in [2.45, 2.75) is 19.9 Å². The molecule has 0 aliphatic rings. The average molecular weight is 349 g/mol. The van der Waals surface area contributed by atoms with Crippen LogP contribution in [-0.4, -0.2) is 33.7 Å². The lowest BCUT2D eigenvalue weighted by Gasteiger charge is -2.08. The highest BCUT2D eigenvalue weighted by Gasteiger charge is 2.15. The Labute approximate surface area is 143 Å². The van der Waals surface area contributed by atoms with Crippen molar-refractivity contribution in [1.82, 2.24) is 19.5 Å². The van der Waals surface area contributed by atoms with E-state index in [0.29, 0.717) is 35.0 Å². The van der Waals surface area contributed by atoms with Gasteiger partial charge in [-0.1, -0.05) is 6.92 Å². The fraction of sp³-hybridized carbons (Fsp3) is 0.312. The van der Waals surface area contributed by atoms with Gasteiger partial charge in [0.15, 0.2) is 22.7 Å². The number of benzene rings is 1. The number of nitrogens with zero attached hydrogens (tertiary/aromatic N) is 3. The molecule has 0 spiro atoms. The van der Waals surface area contributed by atoms with E-state index < -0.39 is 0 Å². The van der Waals surface area contributed by atoms with Gasteiger partial charge >= 0.3 is 0 Å². The lowest BCUT2D eigenvalue weighted by atomic mass is 10.2. The van der Waals surface area contributed by atoms with E-state index in [1.807, 2.05) is 13.0 Å². The highest BCUT2D eigenvalue weighted by Crippen LogP contribution is 2.31. The first-order chi connectivity index (χ1) is 11.6. The van der Waals surface area contributed by atoms with Gasteiger partial charge in [-0.05, 0) is 36.2 Å². The molecule has 2 aromatic heterocycles. The number of methoxy groups -OCH3 is 2. The molecule has 3 rings (SSSR count).